The van der Waals surface area contributed by atoms with E-state index >= 15 is 0 Å². The van der Waals surface area contributed by atoms with Crippen LogP contribution in [0.1, 0.15) is 5.69 Å². The SMILES string of the molecule is Cn1nccc1CCS(=O)c1ccc(N)c(Cl)c1. The minimum absolute atomic E-state index is 0.446. The highest BCUT2D eigenvalue weighted by Gasteiger charge is 2.08. The number of nitrogen functional groups attached to an aromatic ring is 1. The third-order valence-electron chi connectivity index (χ3n) is 2.70. The van der Waals surface area contributed by atoms with Gasteiger partial charge in [0.15, 0.2) is 0 Å². The van der Waals surface area contributed by atoms with Gasteiger partial charge in [0.25, 0.3) is 0 Å². The number of anilines is 1. The Morgan fingerprint density at radius 2 is 2.22 bits per heavy atom. The van der Waals surface area contributed by atoms with Gasteiger partial charge in [0, 0.05) is 36.0 Å². The zero-order valence-corrected chi connectivity index (χ0v) is 11.5. The molecular formula is C12H14ClN3OS. The smallest absolute Gasteiger partial charge is 0.0647 e. The van der Waals surface area contributed by atoms with Crippen LogP contribution in [0, 0.1) is 0 Å². The summed E-state index contributed by atoms with van der Waals surface area (Å²) in [6, 6.07) is 7.02. The molecule has 6 heteroatoms. The monoisotopic (exact) mass is 283 g/mol. The molecule has 18 heavy (non-hydrogen) atoms. The van der Waals surface area contributed by atoms with Crippen molar-refractivity contribution in [1.82, 2.24) is 9.78 Å². The lowest BCUT2D eigenvalue weighted by molar-refractivity contribution is 0.678. The maximum Gasteiger partial charge on any atom is 0.0647 e. The summed E-state index contributed by atoms with van der Waals surface area (Å²) in [4.78, 5) is 0.705. The second-order valence-electron chi connectivity index (χ2n) is 3.93. The van der Waals surface area contributed by atoms with E-state index in [1.807, 2.05) is 13.1 Å². The Balaban J connectivity index is 2.04. The quantitative estimate of drug-likeness (QED) is 0.873. The van der Waals surface area contributed by atoms with Gasteiger partial charge >= 0.3 is 0 Å². The maximum absolute atomic E-state index is 12.1. The Labute approximate surface area is 113 Å². The van der Waals surface area contributed by atoms with Crippen molar-refractivity contribution >= 4 is 28.1 Å². The largest absolute Gasteiger partial charge is 0.398 e. The molecule has 2 N–H and O–H groups in total. The molecule has 0 aliphatic heterocycles. The van der Waals surface area contributed by atoms with Gasteiger partial charge in [-0.25, -0.2) is 0 Å². The highest BCUT2D eigenvalue weighted by molar-refractivity contribution is 7.85. The minimum atomic E-state index is -1.08. The fraction of sp³-hybridized carbons (Fsp3) is 0.250. The molecule has 0 aliphatic carbocycles. The molecule has 96 valence electrons. The molecular weight excluding hydrogens is 270 g/mol. The van der Waals surface area contributed by atoms with Gasteiger partial charge in [-0.05, 0) is 24.3 Å². The molecule has 1 aromatic carbocycles. The number of rotatable bonds is 4. The molecule has 0 saturated carbocycles. The van der Waals surface area contributed by atoms with E-state index in [0.29, 0.717) is 27.8 Å². The van der Waals surface area contributed by atoms with E-state index in [9.17, 15) is 4.21 Å². The highest BCUT2D eigenvalue weighted by Crippen LogP contribution is 2.21. The lowest BCUT2D eigenvalue weighted by Crippen LogP contribution is -2.06. The van der Waals surface area contributed by atoms with Crippen LogP contribution in [-0.4, -0.2) is 19.7 Å². The first-order chi connectivity index (χ1) is 8.58. The van der Waals surface area contributed by atoms with E-state index in [-0.39, 0.29) is 0 Å². The first kappa shape index (κ1) is 13.1. The summed E-state index contributed by atoms with van der Waals surface area (Å²) in [5, 5.41) is 4.52. The number of hydrogen-bond acceptors (Lipinski definition) is 3. The van der Waals surface area contributed by atoms with Crippen molar-refractivity contribution in [3.05, 3.63) is 41.2 Å². The van der Waals surface area contributed by atoms with Crippen LogP contribution in [-0.2, 0) is 24.3 Å². The Kier molecular flexibility index (Phi) is 4.04. The van der Waals surface area contributed by atoms with Gasteiger partial charge in [-0.15, -0.1) is 0 Å². The van der Waals surface area contributed by atoms with E-state index < -0.39 is 10.8 Å². The summed E-state index contributed by atoms with van der Waals surface area (Å²) < 4.78 is 13.9. The summed E-state index contributed by atoms with van der Waals surface area (Å²) in [5.41, 5.74) is 7.18. The summed E-state index contributed by atoms with van der Waals surface area (Å²) in [6.45, 7) is 0. The van der Waals surface area contributed by atoms with Gasteiger partial charge in [0.05, 0.1) is 21.5 Å². The Bertz CT molecular complexity index is 582. The maximum atomic E-state index is 12.1. The van der Waals surface area contributed by atoms with Crippen LogP contribution in [0.4, 0.5) is 5.69 Å². The molecule has 1 heterocycles. The van der Waals surface area contributed by atoms with Crippen molar-refractivity contribution in [3.8, 4) is 0 Å². The van der Waals surface area contributed by atoms with Crippen LogP contribution in [0.5, 0.6) is 0 Å². The number of benzene rings is 1. The summed E-state index contributed by atoms with van der Waals surface area (Å²) in [7, 11) is 0.797. The Hall–Kier alpha value is -1.33. The van der Waals surface area contributed by atoms with E-state index in [4.69, 9.17) is 17.3 Å². The molecule has 4 nitrogen and oxygen atoms in total. The van der Waals surface area contributed by atoms with Crippen molar-refractivity contribution in [1.29, 1.82) is 0 Å². The fourth-order valence-corrected chi connectivity index (χ4v) is 2.96. The van der Waals surface area contributed by atoms with Crippen LogP contribution >= 0.6 is 11.6 Å². The topological polar surface area (TPSA) is 60.9 Å². The van der Waals surface area contributed by atoms with Gasteiger partial charge in [-0.3, -0.25) is 8.89 Å². The average Bonchev–Trinajstić information content (AvgIpc) is 2.75. The second-order valence-corrected chi connectivity index (χ2v) is 5.91. The normalized spacial score (nSPS) is 12.6. The fourth-order valence-electron chi connectivity index (χ4n) is 1.61. The van der Waals surface area contributed by atoms with Crippen LogP contribution in [0.25, 0.3) is 0 Å². The zero-order valence-electron chi connectivity index (χ0n) is 9.97. The van der Waals surface area contributed by atoms with Crippen LogP contribution in [0.15, 0.2) is 35.4 Å². The lowest BCUT2D eigenvalue weighted by atomic mass is 10.3. The molecule has 2 rings (SSSR count). The molecule has 0 amide bonds. The van der Waals surface area contributed by atoms with E-state index in [2.05, 4.69) is 5.10 Å². The van der Waals surface area contributed by atoms with Gasteiger partial charge in [0.2, 0.25) is 0 Å². The summed E-state index contributed by atoms with van der Waals surface area (Å²) >= 11 is 5.91. The van der Waals surface area contributed by atoms with Crippen molar-refractivity contribution in [2.45, 2.75) is 11.3 Å². The predicted octanol–water partition coefficient (Wildman–Crippen LogP) is 2.01. The number of hydrogen-bond donors (Lipinski definition) is 1. The third-order valence-corrected chi connectivity index (χ3v) is 4.38. The number of aromatic nitrogens is 2. The minimum Gasteiger partial charge on any atom is -0.398 e. The second kappa shape index (κ2) is 5.54. The van der Waals surface area contributed by atoms with E-state index in [1.54, 1.807) is 29.1 Å². The molecule has 0 spiro atoms. The van der Waals surface area contributed by atoms with Crippen molar-refractivity contribution in [2.75, 3.05) is 11.5 Å². The van der Waals surface area contributed by atoms with Gasteiger partial charge in [0.1, 0.15) is 0 Å². The highest BCUT2D eigenvalue weighted by atomic mass is 35.5. The average molecular weight is 284 g/mol. The van der Waals surface area contributed by atoms with Crippen LogP contribution in [0.2, 0.25) is 5.02 Å². The van der Waals surface area contributed by atoms with Gasteiger partial charge in [-0.2, -0.15) is 5.10 Å². The molecule has 0 aliphatic rings. The molecule has 1 atom stereocenters. The predicted molar refractivity (Wildman–Crippen MR) is 74.1 cm³/mol. The number of aryl methyl sites for hydroxylation is 2. The summed E-state index contributed by atoms with van der Waals surface area (Å²) in [6.07, 6.45) is 2.45. The molecule has 0 fully saturated rings. The molecule has 1 aromatic heterocycles. The Morgan fingerprint density at radius 1 is 1.44 bits per heavy atom. The number of nitrogens with two attached hydrogens (primary N) is 1. The summed E-state index contributed by atoms with van der Waals surface area (Å²) in [5.74, 6) is 0.541. The van der Waals surface area contributed by atoms with E-state index in [1.165, 1.54) is 0 Å². The van der Waals surface area contributed by atoms with Crippen LogP contribution < -0.4 is 5.73 Å². The first-order valence-electron chi connectivity index (χ1n) is 5.48. The molecule has 1 unspecified atom stereocenters. The number of nitrogens with zero attached hydrogens (tertiary/aromatic N) is 2. The Morgan fingerprint density at radius 3 is 2.83 bits per heavy atom. The number of halogens is 1. The van der Waals surface area contributed by atoms with Crippen molar-refractivity contribution < 1.29 is 4.21 Å². The molecule has 0 saturated heterocycles. The molecule has 0 bridgehead atoms. The zero-order chi connectivity index (χ0) is 13.1. The third kappa shape index (κ3) is 2.91. The van der Waals surface area contributed by atoms with Gasteiger partial charge < -0.3 is 5.73 Å². The van der Waals surface area contributed by atoms with E-state index in [0.717, 1.165) is 5.69 Å². The standard InChI is InChI=1S/C12H14ClN3OS/c1-16-9(4-6-15-16)5-7-18(17)10-2-3-12(14)11(13)8-10/h2-4,6,8H,5,7,14H2,1H3. The molecule has 2 aromatic rings. The van der Waals surface area contributed by atoms with Crippen molar-refractivity contribution in [2.24, 2.45) is 7.05 Å². The van der Waals surface area contributed by atoms with Crippen LogP contribution in [0.3, 0.4) is 0 Å². The van der Waals surface area contributed by atoms with Gasteiger partial charge in [-0.1, -0.05) is 11.6 Å². The molecule has 0 radical (unpaired) electrons. The lowest BCUT2D eigenvalue weighted by Gasteiger charge is -2.05. The van der Waals surface area contributed by atoms with Crippen molar-refractivity contribution in [3.63, 3.8) is 0 Å². The first-order valence-corrected chi connectivity index (χ1v) is 7.18.